The van der Waals surface area contributed by atoms with Crippen molar-refractivity contribution in [3.8, 4) is 17.2 Å². The molecule has 26 heavy (non-hydrogen) atoms. The fourth-order valence-corrected chi connectivity index (χ4v) is 3.34. The van der Waals surface area contributed by atoms with E-state index >= 15 is 0 Å². The van der Waals surface area contributed by atoms with Gasteiger partial charge in [-0.1, -0.05) is 17.7 Å². The highest BCUT2D eigenvalue weighted by Gasteiger charge is 2.32. The molecule has 1 atom stereocenters. The lowest BCUT2D eigenvalue weighted by atomic mass is 10.0. The molecule has 2 aromatic carbocycles. The number of benzene rings is 2. The molecule has 1 aliphatic rings. The van der Waals surface area contributed by atoms with Crippen molar-refractivity contribution < 1.29 is 19.0 Å². The van der Waals surface area contributed by atoms with E-state index in [1.54, 1.807) is 14.2 Å². The molecule has 5 heteroatoms. The van der Waals surface area contributed by atoms with Crippen molar-refractivity contribution in [2.45, 2.75) is 25.8 Å². The molecular formula is C21H25NO4. The second-order valence-electron chi connectivity index (χ2n) is 6.45. The monoisotopic (exact) mass is 355 g/mol. The van der Waals surface area contributed by atoms with Crippen LogP contribution in [0.1, 0.15) is 30.0 Å². The third kappa shape index (κ3) is 3.93. The van der Waals surface area contributed by atoms with Gasteiger partial charge in [0.15, 0.2) is 6.61 Å². The quantitative estimate of drug-likeness (QED) is 0.792. The zero-order valence-corrected chi connectivity index (χ0v) is 15.5. The molecule has 1 unspecified atom stereocenters. The Kier molecular flexibility index (Phi) is 5.66. The molecule has 0 radical (unpaired) electrons. The number of likely N-dealkylation sites (tertiary alicyclic amines) is 1. The Bertz CT molecular complexity index is 757. The Morgan fingerprint density at radius 2 is 1.81 bits per heavy atom. The first-order valence-corrected chi connectivity index (χ1v) is 8.83. The lowest BCUT2D eigenvalue weighted by Crippen LogP contribution is -2.34. The molecule has 1 aliphatic heterocycles. The predicted molar refractivity (Wildman–Crippen MR) is 99.9 cm³/mol. The Hall–Kier alpha value is -2.69. The van der Waals surface area contributed by atoms with Gasteiger partial charge in [-0.15, -0.1) is 0 Å². The van der Waals surface area contributed by atoms with Gasteiger partial charge in [-0.05, 0) is 44.0 Å². The van der Waals surface area contributed by atoms with E-state index in [1.165, 1.54) is 0 Å². The van der Waals surface area contributed by atoms with E-state index in [4.69, 9.17) is 14.2 Å². The molecule has 1 heterocycles. The number of hydrogen-bond donors (Lipinski definition) is 0. The highest BCUT2D eigenvalue weighted by atomic mass is 16.5. The Morgan fingerprint density at radius 3 is 2.50 bits per heavy atom. The molecule has 0 aliphatic carbocycles. The minimum Gasteiger partial charge on any atom is -0.497 e. The number of aryl methyl sites for hydroxylation is 1. The normalized spacial score (nSPS) is 16.4. The molecule has 1 amide bonds. The molecule has 0 aromatic heterocycles. The fraction of sp³-hybridized carbons (Fsp3) is 0.381. The number of ether oxygens (including phenoxy) is 3. The maximum absolute atomic E-state index is 12.7. The summed E-state index contributed by atoms with van der Waals surface area (Å²) in [5.41, 5.74) is 2.17. The molecule has 1 fully saturated rings. The molecule has 0 saturated carbocycles. The van der Waals surface area contributed by atoms with Crippen LogP contribution >= 0.6 is 0 Å². The van der Waals surface area contributed by atoms with E-state index in [9.17, 15) is 4.79 Å². The van der Waals surface area contributed by atoms with E-state index in [0.29, 0.717) is 5.75 Å². The first-order valence-electron chi connectivity index (χ1n) is 8.83. The lowest BCUT2D eigenvalue weighted by Gasteiger charge is -2.26. The van der Waals surface area contributed by atoms with Gasteiger partial charge in [0.25, 0.3) is 5.91 Å². The largest absolute Gasteiger partial charge is 0.497 e. The van der Waals surface area contributed by atoms with E-state index in [2.05, 4.69) is 0 Å². The first kappa shape index (κ1) is 18.1. The highest BCUT2D eigenvalue weighted by Crippen LogP contribution is 2.38. The van der Waals surface area contributed by atoms with E-state index in [0.717, 1.165) is 42.0 Å². The van der Waals surface area contributed by atoms with Gasteiger partial charge in [-0.3, -0.25) is 4.79 Å². The summed E-state index contributed by atoms with van der Waals surface area (Å²) < 4.78 is 16.5. The minimum absolute atomic E-state index is 0.00461. The van der Waals surface area contributed by atoms with Crippen molar-refractivity contribution in [2.24, 2.45) is 0 Å². The zero-order valence-electron chi connectivity index (χ0n) is 15.5. The van der Waals surface area contributed by atoms with Crippen LogP contribution in [0.25, 0.3) is 0 Å². The number of hydrogen-bond acceptors (Lipinski definition) is 4. The van der Waals surface area contributed by atoms with Gasteiger partial charge >= 0.3 is 0 Å². The Balaban J connectivity index is 1.71. The van der Waals surface area contributed by atoms with Gasteiger partial charge in [0.05, 0.1) is 20.3 Å². The number of carbonyl (C=O) groups is 1. The zero-order chi connectivity index (χ0) is 18.5. The Labute approximate surface area is 154 Å². The van der Waals surface area contributed by atoms with Crippen LogP contribution in [-0.2, 0) is 4.79 Å². The van der Waals surface area contributed by atoms with Gasteiger partial charge in [-0.2, -0.15) is 0 Å². The van der Waals surface area contributed by atoms with Crippen molar-refractivity contribution in [2.75, 3.05) is 27.4 Å². The summed E-state index contributed by atoms with van der Waals surface area (Å²) in [4.78, 5) is 14.6. The lowest BCUT2D eigenvalue weighted by molar-refractivity contribution is -0.134. The highest BCUT2D eigenvalue weighted by molar-refractivity contribution is 5.78. The van der Waals surface area contributed by atoms with E-state index in [1.807, 2.05) is 54.3 Å². The van der Waals surface area contributed by atoms with Gasteiger partial charge in [0.1, 0.15) is 17.2 Å². The van der Waals surface area contributed by atoms with Gasteiger partial charge in [-0.25, -0.2) is 0 Å². The smallest absolute Gasteiger partial charge is 0.261 e. The number of amides is 1. The minimum atomic E-state index is -0.00838. The molecule has 138 valence electrons. The summed E-state index contributed by atoms with van der Waals surface area (Å²) in [6.45, 7) is 2.79. The van der Waals surface area contributed by atoms with Crippen molar-refractivity contribution in [3.05, 3.63) is 53.6 Å². The van der Waals surface area contributed by atoms with E-state index in [-0.39, 0.29) is 18.6 Å². The fourth-order valence-electron chi connectivity index (χ4n) is 3.34. The third-order valence-electron chi connectivity index (χ3n) is 4.76. The van der Waals surface area contributed by atoms with E-state index < -0.39 is 0 Å². The number of methoxy groups -OCH3 is 2. The van der Waals surface area contributed by atoms with Crippen LogP contribution in [0, 0.1) is 6.92 Å². The second-order valence-corrected chi connectivity index (χ2v) is 6.45. The Morgan fingerprint density at radius 1 is 1.08 bits per heavy atom. The maximum atomic E-state index is 12.7. The average molecular weight is 355 g/mol. The number of carbonyl (C=O) groups excluding carboxylic acids is 1. The van der Waals surface area contributed by atoms with Crippen molar-refractivity contribution >= 4 is 5.91 Å². The predicted octanol–water partition coefficient (Wildman–Crippen LogP) is 3.75. The van der Waals surface area contributed by atoms with Crippen molar-refractivity contribution in [1.29, 1.82) is 0 Å². The molecule has 5 nitrogen and oxygen atoms in total. The second kappa shape index (κ2) is 8.13. The summed E-state index contributed by atoms with van der Waals surface area (Å²) in [5, 5.41) is 0. The first-order chi connectivity index (χ1) is 12.6. The summed E-state index contributed by atoms with van der Waals surface area (Å²) in [6, 6.07) is 13.5. The summed E-state index contributed by atoms with van der Waals surface area (Å²) >= 11 is 0. The van der Waals surface area contributed by atoms with Gasteiger partial charge in [0, 0.05) is 18.2 Å². The molecule has 1 saturated heterocycles. The van der Waals surface area contributed by atoms with Crippen LogP contribution in [0.4, 0.5) is 0 Å². The standard InChI is InChI=1S/C21H25NO4/c1-15-6-8-16(9-7-15)26-14-21(23)22-12-4-5-19(22)18-11-10-17(24-2)13-20(18)25-3/h6-11,13,19H,4-5,12,14H2,1-3H3. The van der Waals surface area contributed by atoms with Crippen LogP contribution in [0.5, 0.6) is 17.2 Å². The van der Waals surface area contributed by atoms with Crippen LogP contribution in [0.3, 0.4) is 0 Å². The molecular weight excluding hydrogens is 330 g/mol. The third-order valence-corrected chi connectivity index (χ3v) is 4.76. The number of rotatable bonds is 6. The summed E-state index contributed by atoms with van der Waals surface area (Å²) in [6.07, 6.45) is 1.88. The van der Waals surface area contributed by atoms with Crippen LogP contribution < -0.4 is 14.2 Å². The average Bonchev–Trinajstić information content (AvgIpc) is 3.16. The summed E-state index contributed by atoms with van der Waals surface area (Å²) in [7, 11) is 3.27. The summed E-state index contributed by atoms with van der Waals surface area (Å²) in [5.74, 6) is 2.19. The topological polar surface area (TPSA) is 48.0 Å². The SMILES string of the molecule is COc1ccc(C2CCCN2C(=O)COc2ccc(C)cc2)c(OC)c1. The molecule has 0 bridgehead atoms. The van der Waals surface area contributed by atoms with Gasteiger partial charge < -0.3 is 19.1 Å². The van der Waals surface area contributed by atoms with Crippen LogP contribution in [0.15, 0.2) is 42.5 Å². The number of nitrogens with zero attached hydrogens (tertiary/aromatic N) is 1. The molecule has 2 aromatic rings. The molecule has 0 spiro atoms. The van der Waals surface area contributed by atoms with Crippen LogP contribution in [0.2, 0.25) is 0 Å². The van der Waals surface area contributed by atoms with Crippen molar-refractivity contribution in [3.63, 3.8) is 0 Å². The van der Waals surface area contributed by atoms with Gasteiger partial charge in [0.2, 0.25) is 0 Å². The molecule has 0 N–H and O–H groups in total. The van der Waals surface area contributed by atoms with Crippen LogP contribution in [-0.4, -0.2) is 38.2 Å². The maximum Gasteiger partial charge on any atom is 0.261 e. The molecule has 3 rings (SSSR count). The van der Waals surface area contributed by atoms with Crippen molar-refractivity contribution in [1.82, 2.24) is 4.90 Å².